The number of nitrogens with zero attached hydrogens (tertiary/aromatic N) is 4. The largest absolute Gasteiger partial charge is 0.379 e. The molecule has 0 amide bonds. The molecule has 1 heterocycles. The summed E-state index contributed by atoms with van der Waals surface area (Å²) in [4.78, 5) is 10.7. The zero-order valence-electron chi connectivity index (χ0n) is 15.1. The van der Waals surface area contributed by atoms with Crippen molar-refractivity contribution in [3.63, 3.8) is 0 Å². The van der Waals surface area contributed by atoms with E-state index in [1.807, 2.05) is 7.05 Å². The lowest BCUT2D eigenvalue weighted by molar-refractivity contribution is 0.115. The Kier molecular flexibility index (Phi) is 9.57. The van der Waals surface area contributed by atoms with Crippen molar-refractivity contribution in [2.45, 2.75) is 39.0 Å². The van der Waals surface area contributed by atoms with E-state index in [4.69, 9.17) is 9.26 Å². The molecule has 0 saturated heterocycles. The van der Waals surface area contributed by atoms with Crippen LogP contribution < -0.4 is 5.32 Å². The summed E-state index contributed by atoms with van der Waals surface area (Å²) in [6.45, 7) is 7.26. The third-order valence-electron chi connectivity index (χ3n) is 3.82. The van der Waals surface area contributed by atoms with Crippen LogP contribution in [0.1, 0.15) is 44.3 Å². The van der Waals surface area contributed by atoms with Gasteiger partial charge in [-0.25, -0.2) is 0 Å². The van der Waals surface area contributed by atoms with E-state index in [-0.39, 0.29) is 29.9 Å². The van der Waals surface area contributed by atoms with E-state index >= 15 is 0 Å². The Hall–Kier alpha value is -0.900. The van der Waals surface area contributed by atoms with Gasteiger partial charge in [-0.05, 0) is 18.8 Å². The third kappa shape index (κ3) is 7.33. The number of nitrogens with one attached hydrogen (secondary N) is 1. The van der Waals surface area contributed by atoms with Crippen LogP contribution in [0, 0.1) is 5.92 Å². The highest BCUT2D eigenvalue weighted by atomic mass is 127. The lowest BCUT2D eigenvalue weighted by Crippen LogP contribution is -2.41. The van der Waals surface area contributed by atoms with Crippen molar-refractivity contribution >= 4 is 29.9 Å². The molecule has 0 atom stereocenters. The minimum Gasteiger partial charge on any atom is -0.379 e. The number of likely N-dealkylation sites (N-methyl/N-ethyl adjacent to an activating group) is 1. The summed E-state index contributed by atoms with van der Waals surface area (Å²) in [6.07, 6.45) is 3.34. The average molecular weight is 451 g/mol. The Morgan fingerprint density at radius 2 is 2.21 bits per heavy atom. The maximum atomic E-state index is 5.66. The Bertz CT molecular complexity index is 502. The smallest absolute Gasteiger partial charge is 0.228 e. The van der Waals surface area contributed by atoms with E-state index in [0.717, 1.165) is 37.5 Å². The Morgan fingerprint density at radius 3 is 2.79 bits per heavy atom. The first-order valence-electron chi connectivity index (χ1n) is 8.42. The average Bonchev–Trinajstić information content (AvgIpc) is 3.23. The topological polar surface area (TPSA) is 75.8 Å². The quantitative estimate of drug-likeness (QED) is 0.269. The highest BCUT2D eigenvalue weighted by molar-refractivity contribution is 14.0. The summed E-state index contributed by atoms with van der Waals surface area (Å²) in [5.74, 6) is 3.36. The molecule has 8 heteroatoms. The molecule has 1 aromatic rings. The molecule has 1 N–H and O–H groups in total. The number of ether oxygens (including phenoxy) is 1. The summed E-state index contributed by atoms with van der Waals surface area (Å²) < 4.78 is 10.9. The number of guanidine groups is 1. The zero-order chi connectivity index (χ0) is 16.7. The Labute approximate surface area is 161 Å². The molecule has 0 bridgehead atoms. The number of aliphatic imine (C=N–C) groups is 1. The summed E-state index contributed by atoms with van der Waals surface area (Å²) >= 11 is 0. The maximum Gasteiger partial charge on any atom is 0.228 e. The molecular weight excluding hydrogens is 421 g/mol. The fourth-order valence-corrected chi connectivity index (χ4v) is 2.11. The van der Waals surface area contributed by atoms with Crippen LogP contribution in [0.4, 0.5) is 0 Å². The van der Waals surface area contributed by atoms with Gasteiger partial charge in [-0.1, -0.05) is 19.0 Å². The minimum absolute atomic E-state index is 0. The molecule has 7 nitrogen and oxygen atoms in total. The van der Waals surface area contributed by atoms with Gasteiger partial charge in [-0.15, -0.1) is 24.0 Å². The molecule has 2 rings (SSSR count). The van der Waals surface area contributed by atoms with Crippen molar-refractivity contribution < 1.29 is 9.26 Å². The highest BCUT2D eigenvalue weighted by Gasteiger charge is 2.21. The molecule has 1 aromatic heterocycles. The molecule has 1 aliphatic rings. The molecule has 0 unspecified atom stereocenters. The fraction of sp³-hybridized carbons (Fsp3) is 0.812. The first-order chi connectivity index (χ1) is 11.1. The first kappa shape index (κ1) is 21.1. The van der Waals surface area contributed by atoms with Gasteiger partial charge in [0.2, 0.25) is 5.89 Å². The van der Waals surface area contributed by atoms with Crippen molar-refractivity contribution in [1.82, 2.24) is 20.4 Å². The molecule has 1 saturated carbocycles. The van der Waals surface area contributed by atoms with Crippen molar-refractivity contribution in [3.8, 4) is 0 Å². The van der Waals surface area contributed by atoms with Gasteiger partial charge >= 0.3 is 0 Å². The van der Waals surface area contributed by atoms with E-state index < -0.39 is 0 Å². The van der Waals surface area contributed by atoms with Crippen molar-refractivity contribution in [1.29, 1.82) is 0 Å². The number of hydrogen-bond acceptors (Lipinski definition) is 5. The molecule has 138 valence electrons. The van der Waals surface area contributed by atoms with Crippen LogP contribution in [0.15, 0.2) is 9.52 Å². The van der Waals surface area contributed by atoms with Crippen LogP contribution >= 0.6 is 24.0 Å². The van der Waals surface area contributed by atoms with Gasteiger partial charge < -0.3 is 19.5 Å². The summed E-state index contributed by atoms with van der Waals surface area (Å²) in [7, 11) is 3.80. The van der Waals surface area contributed by atoms with E-state index in [9.17, 15) is 0 Å². The summed E-state index contributed by atoms with van der Waals surface area (Å²) in [5.41, 5.74) is 0. The van der Waals surface area contributed by atoms with E-state index in [2.05, 4.69) is 39.2 Å². The predicted molar refractivity (Wildman–Crippen MR) is 105 cm³/mol. The van der Waals surface area contributed by atoms with Crippen LogP contribution in [0.25, 0.3) is 0 Å². The number of rotatable bonds is 9. The third-order valence-corrected chi connectivity index (χ3v) is 3.82. The van der Waals surface area contributed by atoms with Crippen LogP contribution in [0.5, 0.6) is 0 Å². The van der Waals surface area contributed by atoms with Gasteiger partial charge in [0.05, 0.1) is 6.61 Å². The number of halogens is 1. The lowest BCUT2D eigenvalue weighted by atomic mass is 10.2. The predicted octanol–water partition coefficient (Wildman–Crippen LogP) is 2.29. The summed E-state index contributed by atoms with van der Waals surface area (Å²) in [6, 6.07) is 0. The van der Waals surface area contributed by atoms with Gasteiger partial charge in [-0.3, -0.25) is 4.99 Å². The van der Waals surface area contributed by atoms with Crippen LogP contribution in [0.2, 0.25) is 0 Å². The molecule has 1 fully saturated rings. The van der Waals surface area contributed by atoms with Crippen molar-refractivity contribution in [2.75, 3.05) is 40.4 Å². The molecule has 0 radical (unpaired) electrons. The van der Waals surface area contributed by atoms with E-state index in [1.165, 1.54) is 12.8 Å². The van der Waals surface area contributed by atoms with Crippen molar-refractivity contribution in [3.05, 3.63) is 11.7 Å². The minimum atomic E-state index is 0. The molecule has 0 spiro atoms. The van der Waals surface area contributed by atoms with Gasteiger partial charge in [0.1, 0.15) is 0 Å². The second-order valence-corrected chi connectivity index (χ2v) is 6.36. The van der Waals surface area contributed by atoms with Gasteiger partial charge in [0.25, 0.3) is 0 Å². The van der Waals surface area contributed by atoms with Crippen LogP contribution in [0.3, 0.4) is 0 Å². The zero-order valence-corrected chi connectivity index (χ0v) is 17.4. The van der Waals surface area contributed by atoms with E-state index in [1.54, 1.807) is 7.05 Å². The van der Waals surface area contributed by atoms with Crippen LogP contribution in [-0.4, -0.2) is 61.4 Å². The maximum absolute atomic E-state index is 5.66. The monoisotopic (exact) mass is 451 g/mol. The molecule has 0 aromatic carbocycles. The normalized spacial score (nSPS) is 14.6. The summed E-state index contributed by atoms with van der Waals surface area (Å²) in [5, 5.41) is 7.28. The standard InChI is InChI=1S/C16H29N5O2.HI/c1-12(2)15-19-14(23-20-15)7-8-18-16(17-3)21(4)9-10-22-11-13-5-6-13;/h12-13H,5-11H2,1-4H3,(H,17,18);1H. The van der Waals surface area contributed by atoms with Gasteiger partial charge in [-0.2, -0.15) is 4.98 Å². The van der Waals surface area contributed by atoms with E-state index in [0.29, 0.717) is 18.9 Å². The fourth-order valence-electron chi connectivity index (χ4n) is 2.11. The Balaban J connectivity index is 0.00000288. The lowest BCUT2D eigenvalue weighted by Gasteiger charge is -2.21. The number of hydrogen-bond donors (Lipinski definition) is 1. The second-order valence-electron chi connectivity index (χ2n) is 6.36. The van der Waals surface area contributed by atoms with Crippen LogP contribution in [-0.2, 0) is 11.2 Å². The SMILES string of the molecule is CN=C(NCCc1nc(C(C)C)no1)N(C)CCOCC1CC1.I. The van der Waals surface area contributed by atoms with Gasteiger partial charge in [0.15, 0.2) is 11.8 Å². The molecule has 24 heavy (non-hydrogen) atoms. The second kappa shape index (κ2) is 10.9. The number of aromatic nitrogens is 2. The molecule has 1 aliphatic carbocycles. The first-order valence-corrected chi connectivity index (χ1v) is 8.42. The van der Waals surface area contributed by atoms with Gasteiger partial charge in [0, 0.05) is 46.1 Å². The highest BCUT2D eigenvalue weighted by Crippen LogP contribution is 2.28. The Morgan fingerprint density at radius 1 is 1.46 bits per heavy atom. The van der Waals surface area contributed by atoms with Crippen molar-refractivity contribution in [2.24, 2.45) is 10.9 Å². The molecule has 0 aliphatic heterocycles. The molecular formula is C16H30IN5O2.